The normalized spacial score (nSPS) is 22.3. The Hall–Kier alpha value is -1.69. The third-order valence-corrected chi connectivity index (χ3v) is 3.96. The molecular weight excluding hydrogens is 278 g/mol. The molecule has 1 aromatic heterocycles. The van der Waals surface area contributed by atoms with Crippen molar-refractivity contribution < 1.29 is 9.53 Å². The van der Waals surface area contributed by atoms with E-state index in [1.165, 1.54) is 16.5 Å². The topological polar surface area (TPSA) is 80.1 Å². The fraction of sp³-hybridized carbons (Fsp3) is 0.471. The molecule has 5 heteroatoms. The number of carbonyl (C=O) groups is 1. The second-order valence-corrected chi connectivity index (χ2v) is 6.82. The van der Waals surface area contributed by atoms with Crippen LogP contribution in [0.15, 0.2) is 24.4 Å². The van der Waals surface area contributed by atoms with Crippen LogP contribution in [0, 0.1) is 0 Å². The number of rotatable bonds is 5. The van der Waals surface area contributed by atoms with Crippen LogP contribution in [0.25, 0.3) is 10.9 Å². The maximum atomic E-state index is 10.7. The molecule has 22 heavy (non-hydrogen) atoms. The molecule has 1 aromatic carbocycles. The van der Waals surface area contributed by atoms with Crippen molar-refractivity contribution in [2.45, 2.75) is 44.5 Å². The summed E-state index contributed by atoms with van der Waals surface area (Å²) in [6.07, 6.45) is 4.06. The van der Waals surface area contributed by atoms with Crippen molar-refractivity contribution in [2.24, 2.45) is 5.73 Å². The van der Waals surface area contributed by atoms with Crippen molar-refractivity contribution in [1.29, 1.82) is 0 Å². The Balaban J connectivity index is 1.80. The van der Waals surface area contributed by atoms with Crippen LogP contribution in [0.1, 0.15) is 25.0 Å². The summed E-state index contributed by atoms with van der Waals surface area (Å²) in [5.74, 6) is 0. The van der Waals surface area contributed by atoms with Gasteiger partial charge >= 0.3 is 0 Å². The van der Waals surface area contributed by atoms with E-state index < -0.39 is 6.23 Å². The van der Waals surface area contributed by atoms with Crippen molar-refractivity contribution in [3.05, 3.63) is 35.5 Å². The first-order valence-corrected chi connectivity index (χ1v) is 7.65. The number of carbonyl (C=O) groups excluding carboxylic acids is 1. The van der Waals surface area contributed by atoms with Crippen LogP contribution in [0.2, 0.25) is 0 Å². The summed E-state index contributed by atoms with van der Waals surface area (Å²) < 4.78 is 5.35. The van der Waals surface area contributed by atoms with Gasteiger partial charge in [0, 0.05) is 28.7 Å². The smallest absolute Gasteiger partial charge is 0.164 e. The number of aromatic nitrogens is 1. The molecule has 0 amide bonds. The Bertz CT molecular complexity index is 672. The first kappa shape index (κ1) is 15.2. The van der Waals surface area contributed by atoms with Gasteiger partial charge in [0.25, 0.3) is 0 Å². The van der Waals surface area contributed by atoms with Crippen molar-refractivity contribution in [2.75, 3.05) is 6.61 Å². The molecule has 1 fully saturated rings. The minimum Gasteiger partial charge on any atom is -0.361 e. The van der Waals surface area contributed by atoms with E-state index in [0.717, 1.165) is 24.6 Å². The fourth-order valence-electron chi connectivity index (χ4n) is 3.02. The van der Waals surface area contributed by atoms with Crippen LogP contribution in [0.3, 0.4) is 0 Å². The van der Waals surface area contributed by atoms with Crippen LogP contribution in [0.4, 0.5) is 0 Å². The van der Waals surface area contributed by atoms with E-state index in [1.807, 2.05) is 20.0 Å². The molecular formula is C17H23N3O2. The molecule has 2 heterocycles. The van der Waals surface area contributed by atoms with E-state index in [4.69, 9.17) is 10.5 Å². The highest BCUT2D eigenvalue weighted by atomic mass is 16.5. The summed E-state index contributed by atoms with van der Waals surface area (Å²) >= 11 is 0. The number of H-pyrrole nitrogens is 1. The largest absolute Gasteiger partial charge is 0.361 e. The zero-order chi connectivity index (χ0) is 15.7. The first-order valence-electron chi connectivity index (χ1n) is 7.65. The van der Waals surface area contributed by atoms with Gasteiger partial charge < -0.3 is 15.5 Å². The van der Waals surface area contributed by atoms with Crippen LogP contribution in [0.5, 0.6) is 0 Å². The van der Waals surface area contributed by atoms with Crippen molar-refractivity contribution in [3.63, 3.8) is 0 Å². The predicted octanol–water partition coefficient (Wildman–Crippen LogP) is 1.50. The lowest BCUT2D eigenvalue weighted by molar-refractivity contribution is -0.116. The molecule has 0 saturated carbocycles. The van der Waals surface area contributed by atoms with E-state index in [2.05, 4.69) is 28.5 Å². The molecule has 0 radical (unpaired) electrons. The SMILES string of the molecule is CC(C)(N)Cc1c[nH]c2ccc(C[C@H]3COC(C=O)N3)cc12. The molecule has 0 aliphatic carbocycles. The van der Waals surface area contributed by atoms with Gasteiger partial charge in [-0.1, -0.05) is 6.07 Å². The van der Waals surface area contributed by atoms with Gasteiger partial charge in [0.1, 0.15) is 0 Å². The number of nitrogens with one attached hydrogen (secondary N) is 2. The monoisotopic (exact) mass is 301 g/mol. The number of benzene rings is 1. The Labute approximate surface area is 130 Å². The van der Waals surface area contributed by atoms with Gasteiger partial charge in [0.15, 0.2) is 12.5 Å². The fourth-order valence-corrected chi connectivity index (χ4v) is 3.02. The summed E-state index contributed by atoms with van der Waals surface area (Å²) in [4.78, 5) is 14.0. The quantitative estimate of drug-likeness (QED) is 0.731. The summed E-state index contributed by atoms with van der Waals surface area (Å²) in [5, 5.41) is 4.39. The number of nitrogens with two attached hydrogens (primary N) is 1. The van der Waals surface area contributed by atoms with E-state index in [0.29, 0.717) is 6.61 Å². The number of aldehydes is 1. The molecule has 5 nitrogen and oxygen atoms in total. The van der Waals surface area contributed by atoms with Gasteiger partial charge in [0.2, 0.25) is 0 Å². The van der Waals surface area contributed by atoms with Crippen molar-refractivity contribution in [1.82, 2.24) is 10.3 Å². The van der Waals surface area contributed by atoms with Gasteiger partial charge in [-0.2, -0.15) is 0 Å². The summed E-state index contributed by atoms with van der Waals surface area (Å²) in [7, 11) is 0. The highest BCUT2D eigenvalue weighted by Gasteiger charge is 2.24. The minimum absolute atomic E-state index is 0.181. The Morgan fingerprint density at radius 3 is 2.95 bits per heavy atom. The summed E-state index contributed by atoms with van der Waals surface area (Å²) in [5.41, 5.74) is 9.51. The van der Waals surface area contributed by atoms with Gasteiger partial charge in [-0.05, 0) is 49.9 Å². The zero-order valence-corrected chi connectivity index (χ0v) is 13.1. The lowest BCUT2D eigenvalue weighted by Gasteiger charge is -2.17. The van der Waals surface area contributed by atoms with Gasteiger partial charge in [-0.15, -0.1) is 0 Å². The lowest BCUT2D eigenvalue weighted by atomic mass is 9.95. The van der Waals surface area contributed by atoms with Gasteiger partial charge in [-0.25, -0.2) is 0 Å². The van der Waals surface area contributed by atoms with Crippen LogP contribution >= 0.6 is 0 Å². The highest BCUT2D eigenvalue weighted by Crippen LogP contribution is 2.24. The Morgan fingerprint density at radius 2 is 2.27 bits per heavy atom. The third kappa shape index (κ3) is 3.38. The maximum absolute atomic E-state index is 10.7. The van der Waals surface area contributed by atoms with Gasteiger partial charge in [0.05, 0.1) is 6.61 Å². The summed E-state index contributed by atoms with van der Waals surface area (Å²) in [6.45, 7) is 4.64. The second kappa shape index (κ2) is 5.83. The Kier molecular flexibility index (Phi) is 4.04. The first-order chi connectivity index (χ1) is 10.4. The third-order valence-electron chi connectivity index (χ3n) is 3.96. The molecule has 118 valence electrons. The highest BCUT2D eigenvalue weighted by molar-refractivity contribution is 5.84. The van der Waals surface area contributed by atoms with Crippen LogP contribution in [-0.4, -0.2) is 35.7 Å². The molecule has 4 N–H and O–H groups in total. The van der Waals surface area contributed by atoms with Gasteiger partial charge in [-0.3, -0.25) is 10.1 Å². The van der Waals surface area contributed by atoms with Crippen LogP contribution in [-0.2, 0) is 22.4 Å². The lowest BCUT2D eigenvalue weighted by Crippen LogP contribution is -2.34. The molecule has 0 spiro atoms. The molecule has 1 aliphatic rings. The molecule has 2 aromatic rings. The summed E-state index contributed by atoms with van der Waals surface area (Å²) in [6, 6.07) is 6.61. The second-order valence-electron chi connectivity index (χ2n) is 6.82. The number of fused-ring (bicyclic) bond motifs is 1. The molecule has 0 bridgehead atoms. The predicted molar refractivity (Wildman–Crippen MR) is 86.7 cm³/mol. The zero-order valence-electron chi connectivity index (χ0n) is 13.1. The number of hydrogen-bond donors (Lipinski definition) is 3. The van der Waals surface area contributed by atoms with Crippen LogP contribution < -0.4 is 11.1 Å². The molecule has 1 aliphatic heterocycles. The number of hydrogen-bond acceptors (Lipinski definition) is 4. The van der Waals surface area contributed by atoms with E-state index in [-0.39, 0.29) is 11.6 Å². The van der Waals surface area contributed by atoms with Crippen molar-refractivity contribution in [3.8, 4) is 0 Å². The number of ether oxygens (including phenoxy) is 1. The standard InChI is InChI=1S/C17H23N3O2/c1-17(2,18)7-12-8-19-15-4-3-11(6-14(12)15)5-13-10-22-16(9-21)20-13/h3-4,6,8-9,13,16,19-20H,5,7,10,18H2,1-2H3/t13-,16?/m0/s1. The molecule has 2 atom stereocenters. The van der Waals surface area contributed by atoms with E-state index in [9.17, 15) is 4.79 Å². The van der Waals surface area contributed by atoms with E-state index >= 15 is 0 Å². The average Bonchev–Trinajstić information content (AvgIpc) is 3.05. The maximum Gasteiger partial charge on any atom is 0.164 e. The molecule has 1 saturated heterocycles. The minimum atomic E-state index is -0.463. The average molecular weight is 301 g/mol. The molecule has 3 rings (SSSR count). The molecule has 1 unspecified atom stereocenters. The number of aromatic amines is 1. The Morgan fingerprint density at radius 1 is 1.45 bits per heavy atom. The van der Waals surface area contributed by atoms with E-state index in [1.54, 1.807) is 0 Å². The van der Waals surface area contributed by atoms with Crippen molar-refractivity contribution >= 4 is 17.2 Å².